The van der Waals surface area contributed by atoms with Gasteiger partial charge in [0.2, 0.25) is 5.60 Å². The Bertz CT molecular complexity index is 387. The van der Waals surface area contributed by atoms with Gasteiger partial charge in [0.15, 0.2) is 11.9 Å². The number of esters is 2. The van der Waals surface area contributed by atoms with Crippen molar-refractivity contribution in [2.75, 3.05) is 13.2 Å². The highest BCUT2D eigenvalue weighted by Gasteiger charge is 2.63. The minimum absolute atomic E-state index is 0.223. The summed E-state index contributed by atoms with van der Waals surface area (Å²) in [7, 11) is 0. The molecule has 2 fully saturated rings. The topological polar surface area (TPSA) is 71.1 Å². The van der Waals surface area contributed by atoms with E-state index in [0.717, 1.165) is 12.8 Å². The number of carbonyl (C=O) groups excluding carboxylic acids is 2. The lowest BCUT2D eigenvalue weighted by Gasteiger charge is -2.26. The molecule has 0 aromatic heterocycles. The van der Waals surface area contributed by atoms with Crippen LogP contribution in [0.5, 0.6) is 0 Å². The molecule has 0 N–H and O–H groups in total. The van der Waals surface area contributed by atoms with E-state index in [1.54, 1.807) is 20.8 Å². The molecule has 1 saturated heterocycles. The van der Waals surface area contributed by atoms with Gasteiger partial charge in [0.1, 0.15) is 0 Å². The monoisotopic (exact) mass is 286 g/mol. The Kier molecular flexibility index (Phi) is 4.34. The smallest absolute Gasteiger partial charge is 0.341 e. The molecule has 2 atom stereocenters. The van der Waals surface area contributed by atoms with E-state index in [1.165, 1.54) is 0 Å². The summed E-state index contributed by atoms with van der Waals surface area (Å²) in [6.45, 7) is 5.41. The van der Waals surface area contributed by atoms with Gasteiger partial charge in [-0.05, 0) is 33.6 Å². The second kappa shape index (κ2) is 5.69. The Labute approximate surface area is 118 Å². The van der Waals surface area contributed by atoms with Crippen molar-refractivity contribution in [3.8, 4) is 0 Å². The Balaban J connectivity index is 2.25. The van der Waals surface area contributed by atoms with Gasteiger partial charge in [-0.25, -0.2) is 9.59 Å². The number of hydrogen-bond acceptors (Lipinski definition) is 6. The average Bonchev–Trinajstić information content (AvgIpc) is 2.96. The molecule has 1 spiro atoms. The summed E-state index contributed by atoms with van der Waals surface area (Å²) in [6.07, 6.45) is 2.19. The zero-order valence-corrected chi connectivity index (χ0v) is 12.3. The number of ether oxygens (including phenoxy) is 4. The highest BCUT2D eigenvalue weighted by molar-refractivity contribution is 5.89. The van der Waals surface area contributed by atoms with Crippen LogP contribution in [0.4, 0.5) is 0 Å². The molecule has 1 heterocycles. The Morgan fingerprint density at radius 2 is 1.75 bits per heavy atom. The molecule has 1 saturated carbocycles. The first-order chi connectivity index (χ1) is 9.47. The van der Waals surface area contributed by atoms with Crippen LogP contribution >= 0.6 is 0 Å². The molecule has 0 aromatic rings. The highest BCUT2D eigenvalue weighted by Crippen LogP contribution is 2.47. The largest absolute Gasteiger partial charge is 0.464 e. The van der Waals surface area contributed by atoms with E-state index in [0.29, 0.717) is 12.8 Å². The fourth-order valence-corrected chi connectivity index (χ4v) is 2.84. The van der Waals surface area contributed by atoms with Crippen molar-refractivity contribution in [1.29, 1.82) is 0 Å². The van der Waals surface area contributed by atoms with Crippen LogP contribution in [0, 0.1) is 0 Å². The average molecular weight is 286 g/mol. The lowest BCUT2D eigenvalue weighted by atomic mass is 9.99. The van der Waals surface area contributed by atoms with Gasteiger partial charge in [0.25, 0.3) is 0 Å². The van der Waals surface area contributed by atoms with Gasteiger partial charge in [-0.2, -0.15) is 0 Å². The number of rotatable bonds is 4. The molecular formula is C14H22O6. The minimum atomic E-state index is -1.44. The third-order valence-electron chi connectivity index (χ3n) is 3.78. The van der Waals surface area contributed by atoms with Crippen molar-refractivity contribution in [2.24, 2.45) is 0 Å². The first kappa shape index (κ1) is 15.3. The Morgan fingerprint density at radius 1 is 1.15 bits per heavy atom. The maximum atomic E-state index is 12.2. The lowest BCUT2D eigenvalue weighted by molar-refractivity contribution is -0.197. The van der Waals surface area contributed by atoms with E-state index >= 15 is 0 Å². The van der Waals surface area contributed by atoms with E-state index in [4.69, 9.17) is 18.9 Å². The molecule has 0 bridgehead atoms. The van der Waals surface area contributed by atoms with Crippen molar-refractivity contribution < 1.29 is 28.5 Å². The first-order valence-electron chi connectivity index (χ1n) is 7.19. The van der Waals surface area contributed by atoms with Gasteiger partial charge in [-0.15, -0.1) is 0 Å². The predicted molar refractivity (Wildman–Crippen MR) is 68.8 cm³/mol. The third-order valence-corrected chi connectivity index (χ3v) is 3.78. The Morgan fingerprint density at radius 3 is 2.30 bits per heavy atom. The summed E-state index contributed by atoms with van der Waals surface area (Å²) in [5, 5.41) is 0. The molecule has 1 aliphatic carbocycles. The quantitative estimate of drug-likeness (QED) is 0.730. The van der Waals surface area contributed by atoms with Crippen LogP contribution < -0.4 is 0 Å². The van der Waals surface area contributed by atoms with Crippen molar-refractivity contribution in [3.63, 3.8) is 0 Å². The zero-order valence-electron chi connectivity index (χ0n) is 12.3. The summed E-state index contributed by atoms with van der Waals surface area (Å²) < 4.78 is 21.7. The van der Waals surface area contributed by atoms with Gasteiger partial charge in [-0.1, -0.05) is 0 Å². The molecule has 20 heavy (non-hydrogen) atoms. The minimum Gasteiger partial charge on any atom is -0.464 e. The van der Waals surface area contributed by atoms with Crippen LogP contribution in [0.1, 0.15) is 46.5 Å². The number of carbonyl (C=O) groups is 2. The molecule has 2 aliphatic rings. The summed E-state index contributed by atoms with van der Waals surface area (Å²) in [5.41, 5.74) is -1.44. The van der Waals surface area contributed by atoms with E-state index in [1.807, 2.05) is 0 Å². The standard InChI is InChI=1S/C14H22O6/c1-4-17-11(15)10-13(3,12(16)18-5-2)20-14(19-10)8-6-7-9-14/h10H,4-9H2,1-3H3/t10-,13-/m1/s1. The maximum absolute atomic E-state index is 12.2. The van der Waals surface area contributed by atoms with Crippen molar-refractivity contribution >= 4 is 11.9 Å². The molecule has 0 unspecified atom stereocenters. The fourth-order valence-electron chi connectivity index (χ4n) is 2.84. The van der Waals surface area contributed by atoms with E-state index in [9.17, 15) is 9.59 Å². The number of hydrogen-bond donors (Lipinski definition) is 0. The van der Waals surface area contributed by atoms with E-state index in [2.05, 4.69) is 0 Å². The summed E-state index contributed by atoms with van der Waals surface area (Å²) >= 11 is 0. The molecule has 6 heteroatoms. The maximum Gasteiger partial charge on any atom is 0.341 e. The molecule has 2 rings (SSSR count). The fraction of sp³-hybridized carbons (Fsp3) is 0.857. The molecular weight excluding hydrogens is 264 g/mol. The van der Waals surface area contributed by atoms with Crippen molar-refractivity contribution in [2.45, 2.75) is 63.9 Å². The Hall–Kier alpha value is -1.14. The third kappa shape index (κ3) is 2.54. The summed E-state index contributed by atoms with van der Waals surface area (Å²) in [4.78, 5) is 24.3. The van der Waals surface area contributed by atoms with Crippen LogP contribution in [0.15, 0.2) is 0 Å². The second-order valence-electron chi connectivity index (χ2n) is 5.30. The van der Waals surface area contributed by atoms with Crippen LogP contribution in [0.25, 0.3) is 0 Å². The van der Waals surface area contributed by atoms with Crippen molar-refractivity contribution in [1.82, 2.24) is 0 Å². The highest BCUT2D eigenvalue weighted by atomic mass is 16.8. The molecule has 0 radical (unpaired) electrons. The lowest BCUT2D eigenvalue weighted by Crippen LogP contribution is -2.50. The molecule has 6 nitrogen and oxygen atoms in total. The van der Waals surface area contributed by atoms with Gasteiger partial charge < -0.3 is 18.9 Å². The molecule has 0 aromatic carbocycles. The second-order valence-corrected chi connectivity index (χ2v) is 5.30. The van der Waals surface area contributed by atoms with Gasteiger partial charge in [-0.3, -0.25) is 0 Å². The zero-order chi connectivity index (χ0) is 14.8. The van der Waals surface area contributed by atoms with Crippen LogP contribution in [0.2, 0.25) is 0 Å². The van der Waals surface area contributed by atoms with Crippen LogP contribution in [-0.2, 0) is 28.5 Å². The SMILES string of the molecule is CCOC(=O)[C@H]1OC2(CCCC2)O[C@@]1(C)C(=O)OCC. The normalized spacial score (nSPS) is 31.4. The predicted octanol–water partition coefficient (Wildman–Crippen LogP) is 1.56. The van der Waals surface area contributed by atoms with Gasteiger partial charge >= 0.3 is 11.9 Å². The van der Waals surface area contributed by atoms with Crippen molar-refractivity contribution in [3.05, 3.63) is 0 Å². The van der Waals surface area contributed by atoms with Crippen LogP contribution in [-0.4, -0.2) is 42.6 Å². The molecule has 0 amide bonds. The van der Waals surface area contributed by atoms with E-state index in [-0.39, 0.29) is 13.2 Å². The van der Waals surface area contributed by atoms with E-state index < -0.39 is 29.4 Å². The summed E-state index contributed by atoms with van der Waals surface area (Å²) in [5.74, 6) is -2.01. The molecule has 114 valence electrons. The first-order valence-corrected chi connectivity index (χ1v) is 7.19. The molecule has 1 aliphatic heterocycles. The van der Waals surface area contributed by atoms with Crippen LogP contribution in [0.3, 0.4) is 0 Å². The van der Waals surface area contributed by atoms with Gasteiger partial charge in [0, 0.05) is 12.8 Å². The van der Waals surface area contributed by atoms with Gasteiger partial charge in [0.05, 0.1) is 13.2 Å². The summed E-state index contributed by atoms with van der Waals surface area (Å²) in [6, 6.07) is 0.